The molecule has 1 saturated heterocycles. The maximum absolute atomic E-state index is 13.1. The van der Waals surface area contributed by atoms with E-state index in [9.17, 15) is 14.1 Å². The minimum atomic E-state index is -1.56. The van der Waals surface area contributed by atoms with Crippen molar-refractivity contribution in [1.82, 2.24) is 15.6 Å². The molecule has 4 rings (SSSR count). The minimum absolute atomic E-state index is 0.402. The number of hydrogen-bond donors (Lipinski definition) is 2. The van der Waals surface area contributed by atoms with E-state index >= 15 is 0 Å². The molecule has 0 saturated carbocycles. The average Bonchev–Trinajstić information content (AvgIpc) is 3.10. The van der Waals surface area contributed by atoms with Crippen molar-refractivity contribution in [2.45, 2.75) is 29.4 Å². The van der Waals surface area contributed by atoms with Crippen LogP contribution in [0.1, 0.15) is 22.7 Å². The van der Waals surface area contributed by atoms with E-state index in [0.717, 1.165) is 5.56 Å². The number of aromatic nitrogens is 1. The van der Waals surface area contributed by atoms with Gasteiger partial charge in [0.25, 0.3) is 5.91 Å². The molecule has 0 spiro atoms. The molecule has 0 radical (unpaired) electrons. The first kappa shape index (κ1) is 19.9. The van der Waals surface area contributed by atoms with Crippen LogP contribution in [0.4, 0.5) is 4.79 Å². The lowest BCUT2D eigenvalue weighted by Gasteiger charge is -2.16. The Kier molecular flexibility index (Phi) is 5.69. The number of pyridine rings is 1. The van der Waals surface area contributed by atoms with E-state index in [2.05, 4.69) is 21.7 Å². The van der Waals surface area contributed by atoms with E-state index in [-0.39, 0.29) is 0 Å². The topological polar surface area (TPSA) is 103 Å². The highest BCUT2D eigenvalue weighted by atomic mass is 32.2. The number of urea groups is 1. The summed E-state index contributed by atoms with van der Waals surface area (Å²) >= 11 is -1.56. The molecule has 2 atom stereocenters. The quantitative estimate of drug-likeness (QED) is 0.470. The maximum Gasteiger partial charge on any atom is 0.322 e. The monoisotopic (exact) mass is 421 g/mol. The standard InChI is InChI=1S/C22H19N3O4S/c1-14-3-2-4-15(11-14)13-29-16-5-7-17(8-6-16)30(28)19-9-10-23-12-18(19)20-21(26)25-22(27)24-20/h2-12,20H,13H2,1H3,(H2,24,25,26,27). The maximum atomic E-state index is 13.1. The summed E-state index contributed by atoms with van der Waals surface area (Å²) in [5, 5.41) is 4.70. The van der Waals surface area contributed by atoms with E-state index in [0.29, 0.717) is 27.7 Å². The second-order valence-corrected chi connectivity index (χ2v) is 8.28. The van der Waals surface area contributed by atoms with Crippen LogP contribution in [0, 0.1) is 6.92 Å². The Morgan fingerprint density at radius 1 is 1.13 bits per heavy atom. The van der Waals surface area contributed by atoms with Crippen LogP contribution >= 0.6 is 0 Å². The summed E-state index contributed by atoms with van der Waals surface area (Å²) in [6, 6.07) is 15.1. The molecule has 3 aromatic rings. The number of amides is 3. The molecule has 2 heterocycles. The van der Waals surface area contributed by atoms with Gasteiger partial charge in [-0.05, 0) is 36.8 Å². The predicted octanol–water partition coefficient (Wildman–Crippen LogP) is 3.02. The van der Waals surface area contributed by atoms with Crippen LogP contribution in [-0.2, 0) is 22.6 Å². The van der Waals surface area contributed by atoms with E-state index in [1.807, 2.05) is 25.1 Å². The van der Waals surface area contributed by atoms with Gasteiger partial charge in [0.1, 0.15) is 18.4 Å². The van der Waals surface area contributed by atoms with Crippen LogP contribution in [0.25, 0.3) is 0 Å². The highest BCUT2D eigenvalue weighted by Gasteiger charge is 2.35. The second-order valence-electron chi connectivity index (χ2n) is 6.83. The highest BCUT2D eigenvalue weighted by molar-refractivity contribution is 7.91. The van der Waals surface area contributed by atoms with Crippen molar-refractivity contribution in [2.24, 2.45) is 0 Å². The van der Waals surface area contributed by atoms with Crippen LogP contribution in [0.2, 0.25) is 0 Å². The van der Waals surface area contributed by atoms with Gasteiger partial charge in [-0.15, -0.1) is 0 Å². The van der Waals surface area contributed by atoms with Gasteiger partial charge in [-0.3, -0.25) is 15.1 Å². The Hall–Kier alpha value is -3.36. The lowest BCUT2D eigenvalue weighted by molar-refractivity contribution is -0.120. The predicted molar refractivity (Wildman–Crippen MR) is 110 cm³/mol. The number of rotatable bonds is 6. The van der Waals surface area contributed by atoms with Crippen LogP contribution in [0.3, 0.4) is 0 Å². The zero-order valence-electron chi connectivity index (χ0n) is 16.1. The molecule has 3 amide bonds. The number of aryl methyl sites for hydroxylation is 1. The number of hydrogen-bond acceptors (Lipinski definition) is 5. The number of benzene rings is 2. The molecule has 0 aliphatic carbocycles. The number of nitrogens with zero attached hydrogens (tertiary/aromatic N) is 1. The SMILES string of the molecule is Cc1cccc(COc2ccc([S+]([O-])c3ccncc3C3NC(=O)NC3=O)cc2)c1. The Labute approximate surface area is 176 Å². The third kappa shape index (κ3) is 4.29. The summed E-state index contributed by atoms with van der Waals surface area (Å²) in [5.41, 5.74) is 2.64. The molecule has 7 nitrogen and oxygen atoms in total. The third-order valence-electron chi connectivity index (χ3n) is 4.62. The Morgan fingerprint density at radius 3 is 2.63 bits per heavy atom. The van der Waals surface area contributed by atoms with Crippen LogP contribution in [0.5, 0.6) is 5.75 Å². The van der Waals surface area contributed by atoms with Crippen molar-refractivity contribution in [2.75, 3.05) is 0 Å². The van der Waals surface area contributed by atoms with Crippen LogP contribution in [0.15, 0.2) is 76.8 Å². The Morgan fingerprint density at radius 2 is 1.93 bits per heavy atom. The summed E-state index contributed by atoms with van der Waals surface area (Å²) < 4.78 is 18.9. The number of nitrogens with one attached hydrogen (secondary N) is 2. The van der Waals surface area contributed by atoms with Gasteiger partial charge in [0.15, 0.2) is 9.79 Å². The Bertz CT molecular complexity index is 1090. The molecule has 2 N–H and O–H groups in total. The first-order chi connectivity index (χ1) is 14.5. The highest BCUT2D eigenvalue weighted by Crippen LogP contribution is 2.29. The molecule has 30 heavy (non-hydrogen) atoms. The van der Waals surface area contributed by atoms with Gasteiger partial charge >= 0.3 is 6.03 Å². The van der Waals surface area contributed by atoms with Crippen molar-refractivity contribution in [1.29, 1.82) is 0 Å². The van der Waals surface area contributed by atoms with Gasteiger partial charge in [-0.2, -0.15) is 0 Å². The molecule has 152 valence electrons. The molecule has 2 aromatic carbocycles. The number of carbonyl (C=O) groups is 2. The summed E-state index contributed by atoms with van der Waals surface area (Å²) in [7, 11) is 0. The van der Waals surface area contributed by atoms with E-state index in [1.165, 1.54) is 18.0 Å². The molecule has 1 aliphatic heterocycles. The van der Waals surface area contributed by atoms with Crippen LogP contribution in [-0.4, -0.2) is 21.5 Å². The van der Waals surface area contributed by atoms with Gasteiger partial charge < -0.3 is 14.6 Å². The van der Waals surface area contributed by atoms with Gasteiger partial charge in [0.05, 0.1) is 5.56 Å². The average molecular weight is 421 g/mol. The smallest absolute Gasteiger partial charge is 0.322 e. The molecular formula is C22H19N3O4S. The van der Waals surface area contributed by atoms with Gasteiger partial charge in [-0.1, -0.05) is 29.8 Å². The van der Waals surface area contributed by atoms with Crippen molar-refractivity contribution >= 4 is 23.1 Å². The number of imide groups is 1. The first-order valence-electron chi connectivity index (χ1n) is 9.27. The fourth-order valence-electron chi connectivity index (χ4n) is 3.17. The van der Waals surface area contributed by atoms with Crippen molar-refractivity contribution in [3.63, 3.8) is 0 Å². The van der Waals surface area contributed by atoms with E-state index in [1.54, 1.807) is 30.3 Å². The molecule has 8 heteroatoms. The summed E-state index contributed by atoms with van der Waals surface area (Å²) in [4.78, 5) is 28.5. The minimum Gasteiger partial charge on any atom is -0.606 e. The fraction of sp³-hybridized carbons (Fsp3) is 0.136. The molecular weight excluding hydrogens is 402 g/mol. The lowest BCUT2D eigenvalue weighted by atomic mass is 10.1. The summed E-state index contributed by atoms with van der Waals surface area (Å²) in [5.74, 6) is 0.167. The molecule has 2 unspecified atom stereocenters. The zero-order chi connectivity index (χ0) is 21.1. The molecule has 1 fully saturated rings. The van der Waals surface area contributed by atoms with Crippen LogP contribution < -0.4 is 15.4 Å². The van der Waals surface area contributed by atoms with Gasteiger partial charge in [0, 0.05) is 29.6 Å². The third-order valence-corrected chi connectivity index (χ3v) is 6.09. The molecule has 1 aliphatic rings. The normalized spacial score (nSPS) is 16.7. The second kappa shape index (κ2) is 8.56. The summed E-state index contributed by atoms with van der Waals surface area (Å²) in [6.45, 7) is 2.47. The number of carbonyl (C=O) groups excluding carboxylic acids is 2. The van der Waals surface area contributed by atoms with E-state index in [4.69, 9.17) is 4.74 Å². The van der Waals surface area contributed by atoms with Crippen molar-refractivity contribution in [3.8, 4) is 5.75 Å². The van der Waals surface area contributed by atoms with E-state index < -0.39 is 29.2 Å². The summed E-state index contributed by atoms with van der Waals surface area (Å²) in [6.07, 6.45) is 2.95. The molecule has 1 aromatic heterocycles. The molecule has 0 bridgehead atoms. The largest absolute Gasteiger partial charge is 0.606 e. The van der Waals surface area contributed by atoms with Crippen molar-refractivity contribution in [3.05, 3.63) is 83.7 Å². The van der Waals surface area contributed by atoms with Gasteiger partial charge in [0.2, 0.25) is 0 Å². The van der Waals surface area contributed by atoms with Crippen molar-refractivity contribution < 1.29 is 18.9 Å². The zero-order valence-corrected chi connectivity index (χ0v) is 16.9. The Balaban J connectivity index is 1.50. The number of ether oxygens (including phenoxy) is 1. The lowest BCUT2D eigenvalue weighted by Crippen LogP contribution is -2.22. The fourth-order valence-corrected chi connectivity index (χ4v) is 4.38. The van der Waals surface area contributed by atoms with Gasteiger partial charge in [-0.25, -0.2) is 4.79 Å². The first-order valence-corrected chi connectivity index (χ1v) is 10.4.